The number of carbonyl (C=O) groups is 2. The summed E-state index contributed by atoms with van der Waals surface area (Å²) >= 11 is 0. The molecule has 1 heterocycles. The van der Waals surface area contributed by atoms with Crippen LogP contribution in [0.1, 0.15) is 48.0 Å². The number of halogens is 1. The predicted octanol–water partition coefficient (Wildman–Crippen LogP) is 2.09. The van der Waals surface area contributed by atoms with Crippen molar-refractivity contribution in [2.24, 2.45) is 11.7 Å². The average Bonchev–Trinajstić information content (AvgIpc) is 3.26. The second kappa shape index (κ2) is 8.49. The Morgan fingerprint density at radius 2 is 1.88 bits per heavy atom. The highest BCUT2D eigenvalue weighted by Gasteiger charge is 2.32. The highest BCUT2D eigenvalue weighted by Crippen LogP contribution is 2.29. The fourth-order valence-corrected chi connectivity index (χ4v) is 3.21. The summed E-state index contributed by atoms with van der Waals surface area (Å²) in [5.41, 5.74) is 6.82. The van der Waals surface area contributed by atoms with Crippen LogP contribution in [0.5, 0.6) is 0 Å². The molecule has 1 aliphatic carbocycles. The number of carbonyl (C=O) groups excluding carboxylic acids is 2. The molecule has 1 aromatic rings. The summed E-state index contributed by atoms with van der Waals surface area (Å²) in [5.74, 6) is 0.491. The number of rotatable bonds is 7. The molecule has 1 atom stereocenters. The Morgan fingerprint density at radius 3 is 2.42 bits per heavy atom. The number of amides is 2. The van der Waals surface area contributed by atoms with E-state index in [-0.39, 0.29) is 18.3 Å². The lowest BCUT2D eigenvalue weighted by molar-refractivity contribution is -0.132. The molecule has 132 valence electrons. The molecule has 2 aliphatic rings. The number of benzene rings is 1. The lowest BCUT2D eigenvalue weighted by atomic mass is 10.0. The Hall–Kier alpha value is -1.59. The van der Waals surface area contributed by atoms with Crippen LogP contribution < -0.4 is 11.1 Å². The smallest absolute Gasteiger partial charge is 0.248 e. The Kier molecular flexibility index (Phi) is 6.63. The van der Waals surface area contributed by atoms with Crippen LogP contribution in [0.15, 0.2) is 24.3 Å². The second-order valence-corrected chi connectivity index (χ2v) is 6.71. The first-order chi connectivity index (χ1) is 11.1. The van der Waals surface area contributed by atoms with E-state index in [1.807, 2.05) is 17.0 Å². The van der Waals surface area contributed by atoms with Crippen LogP contribution in [0.2, 0.25) is 0 Å². The van der Waals surface area contributed by atoms with Crippen molar-refractivity contribution in [1.29, 1.82) is 0 Å². The monoisotopic (exact) mass is 351 g/mol. The van der Waals surface area contributed by atoms with Gasteiger partial charge in [-0.25, -0.2) is 0 Å². The highest BCUT2D eigenvalue weighted by molar-refractivity contribution is 5.92. The summed E-state index contributed by atoms with van der Waals surface area (Å²) in [6.07, 6.45) is 5.02. The number of nitrogens with two attached hydrogens (primary N) is 1. The van der Waals surface area contributed by atoms with E-state index in [0.29, 0.717) is 30.5 Å². The van der Waals surface area contributed by atoms with Crippen molar-refractivity contribution in [3.05, 3.63) is 35.4 Å². The Labute approximate surface area is 149 Å². The molecular weight excluding hydrogens is 326 g/mol. The van der Waals surface area contributed by atoms with Crippen molar-refractivity contribution >= 4 is 24.2 Å². The van der Waals surface area contributed by atoms with Gasteiger partial charge in [0.15, 0.2) is 0 Å². The topological polar surface area (TPSA) is 75.4 Å². The average molecular weight is 352 g/mol. The van der Waals surface area contributed by atoms with Gasteiger partial charge in [0.2, 0.25) is 11.8 Å². The standard InChI is InChI=1S/C18H25N3O2.ClH/c19-18(23)15-4-1-14(2-5-15)12-21(16-6-7-16)17(22)8-3-13-9-10-20-11-13;/h1-2,4-5,13,16,20H,3,6-12H2,(H2,19,23);1H. The fourth-order valence-electron chi connectivity index (χ4n) is 3.21. The largest absolute Gasteiger partial charge is 0.366 e. The van der Waals surface area contributed by atoms with Gasteiger partial charge < -0.3 is 16.0 Å². The second-order valence-electron chi connectivity index (χ2n) is 6.71. The zero-order chi connectivity index (χ0) is 16.2. The van der Waals surface area contributed by atoms with Crippen molar-refractivity contribution in [2.75, 3.05) is 13.1 Å². The summed E-state index contributed by atoms with van der Waals surface area (Å²) in [6.45, 7) is 2.76. The molecule has 5 nitrogen and oxygen atoms in total. The third-order valence-corrected chi connectivity index (χ3v) is 4.83. The lowest BCUT2D eigenvalue weighted by Gasteiger charge is -2.23. The zero-order valence-electron chi connectivity index (χ0n) is 13.9. The van der Waals surface area contributed by atoms with Crippen LogP contribution >= 0.6 is 12.4 Å². The molecule has 2 amide bonds. The van der Waals surface area contributed by atoms with Gasteiger partial charge in [-0.05, 0) is 62.4 Å². The quantitative estimate of drug-likeness (QED) is 0.789. The number of primary amides is 1. The van der Waals surface area contributed by atoms with Gasteiger partial charge in [-0.2, -0.15) is 0 Å². The number of hydrogen-bond donors (Lipinski definition) is 2. The SMILES string of the molecule is Cl.NC(=O)c1ccc(CN(C(=O)CCC2CCNC2)C2CC2)cc1. The summed E-state index contributed by atoms with van der Waals surface area (Å²) in [5, 5.41) is 3.35. The summed E-state index contributed by atoms with van der Waals surface area (Å²) < 4.78 is 0. The molecule has 1 saturated heterocycles. The maximum absolute atomic E-state index is 12.6. The molecule has 6 heteroatoms. The molecule has 0 aromatic heterocycles. The lowest BCUT2D eigenvalue weighted by Crippen LogP contribution is -2.32. The molecule has 3 rings (SSSR count). The van der Waals surface area contributed by atoms with Gasteiger partial charge in [0.1, 0.15) is 0 Å². The van der Waals surface area contributed by atoms with Gasteiger partial charge in [0, 0.05) is 24.6 Å². The molecule has 1 aliphatic heterocycles. The molecule has 1 aromatic carbocycles. The van der Waals surface area contributed by atoms with E-state index >= 15 is 0 Å². The van der Waals surface area contributed by atoms with Gasteiger partial charge in [-0.15, -0.1) is 12.4 Å². The Balaban J connectivity index is 0.00000208. The minimum Gasteiger partial charge on any atom is -0.366 e. The van der Waals surface area contributed by atoms with Crippen molar-refractivity contribution in [2.45, 2.75) is 44.7 Å². The summed E-state index contributed by atoms with van der Waals surface area (Å²) in [6, 6.07) is 7.65. The first-order valence-corrected chi connectivity index (χ1v) is 8.52. The zero-order valence-corrected chi connectivity index (χ0v) is 14.7. The normalized spacial score (nSPS) is 19.6. The van der Waals surface area contributed by atoms with Crippen LogP contribution in [-0.4, -0.2) is 35.8 Å². The molecule has 2 fully saturated rings. The van der Waals surface area contributed by atoms with E-state index < -0.39 is 5.91 Å². The van der Waals surface area contributed by atoms with Crippen LogP contribution in [0.25, 0.3) is 0 Å². The molecule has 1 unspecified atom stereocenters. The van der Waals surface area contributed by atoms with Gasteiger partial charge in [-0.1, -0.05) is 12.1 Å². The van der Waals surface area contributed by atoms with E-state index in [4.69, 9.17) is 5.73 Å². The summed E-state index contributed by atoms with van der Waals surface area (Å²) in [4.78, 5) is 25.7. The Morgan fingerprint density at radius 1 is 1.17 bits per heavy atom. The van der Waals surface area contributed by atoms with Crippen molar-refractivity contribution < 1.29 is 9.59 Å². The molecular formula is C18H26ClN3O2. The van der Waals surface area contributed by atoms with Gasteiger partial charge >= 0.3 is 0 Å². The van der Waals surface area contributed by atoms with Crippen molar-refractivity contribution in [3.63, 3.8) is 0 Å². The third-order valence-electron chi connectivity index (χ3n) is 4.83. The maximum atomic E-state index is 12.6. The molecule has 1 saturated carbocycles. The van der Waals surface area contributed by atoms with E-state index in [1.165, 1.54) is 6.42 Å². The minimum atomic E-state index is -0.420. The van der Waals surface area contributed by atoms with Crippen molar-refractivity contribution in [3.8, 4) is 0 Å². The van der Waals surface area contributed by atoms with Gasteiger partial charge in [-0.3, -0.25) is 9.59 Å². The van der Waals surface area contributed by atoms with Crippen LogP contribution in [0, 0.1) is 5.92 Å². The predicted molar refractivity (Wildman–Crippen MR) is 96.0 cm³/mol. The maximum Gasteiger partial charge on any atom is 0.248 e. The van der Waals surface area contributed by atoms with E-state index in [1.54, 1.807) is 12.1 Å². The van der Waals surface area contributed by atoms with E-state index in [0.717, 1.165) is 37.9 Å². The molecule has 24 heavy (non-hydrogen) atoms. The molecule has 0 spiro atoms. The minimum absolute atomic E-state index is 0. The van der Waals surface area contributed by atoms with Crippen LogP contribution in [-0.2, 0) is 11.3 Å². The van der Waals surface area contributed by atoms with Crippen LogP contribution in [0.4, 0.5) is 0 Å². The highest BCUT2D eigenvalue weighted by atomic mass is 35.5. The summed E-state index contributed by atoms with van der Waals surface area (Å²) in [7, 11) is 0. The molecule has 0 radical (unpaired) electrons. The van der Waals surface area contributed by atoms with Crippen LogP contribution in [0.3, 0.4) is 0 Å². The van der Waals surface area contributed by atoms with E-state index in [2.05, 4.69) is 5.32 Å². The van der Waals surface area contributed by atoms with Gasteiger partial charge in [0.05, 0.1) is 0 Å². The van der Waals surface area contributed by atoms with Gasteiger partial charge in [0.25, 0.3) is 0 Å². The van der Waals surface area contributed by atoms with E-state index in [9.17, 15) is 9.59 Å². The first kappa shape index (κ1) is 18.7. The fraction of sp³-hybridized carbons (Fsp3) is 0.556. The number of nitrogens with zero attached hydrogens (tertiary/aromatic N) is 1. The first-order valence-electron chi connectivity index (χ1n) is 8.52. The molecule has 0 bridgehead atoms. The van der Waals surface area contributed by atoms with Crippen molar-refractivity contribution in [1.82, 2.24) is 10.2 Å². The molecule has 3 N–H and O–H groups in total. The number of hydrogen-bond acceptors (Lipinski definition) is 3. The number of nitrogens with one attached hydrogen (secondary N) is 1. The Bertz CT molecular complexity index is 566. The third kappa shape index (κ3) is 4.95.